The second kappa shape index (κ2) is 4.80. The number of aryl methyl sites for hydroxylation is 1. The van der Waals surface area contributed by atoms with Crippen LogP contribution in [0.4, 0.5) is 0 Å². The lowest BCUT2D eigenvalue weighted by Crippen LogP contribution is -2.40. The highest BCUT2D eigenvalue weighted by molar-refractivity contribution is 7.89. The van der Waals surface area contributed by atoms with Crippen molar-refractivity contribution in [2.24, 2.45) is 7.05 Å². The van der Waals surface area contributed by atoms with Crippen LogP contribution in [-0.4, -0.2) is 25.6 Å². The number of nitrogens with one attached hydrogen (secondary N) is 2. The van der Waals surface area contributed by atoms with Gasteiger partial charge in [-0.15, -0.1) is 0 Å². The minimum Gasteiger partial charge on any atom is -0.352 e. The van der Waals surface area contributed by atoms with Crippen LogP contribution in [-0.2, 0) is 23.6 Å². The van der Waals surface area contributed by atoms with E-state index in [4.69, 9.17) is 0 Å². The Morgan fingerprint density at radius 3 is 2.41 bits per heavy atom. The van der Waals surface area contributed by atoms with Gasteiger partial charge in [0.15, 0.2) is 0 Å². The molecule has 0 amide bonds. The van der Waals surface area contributed by atoms with Gasteiger partial charge < -0.3 is 9.88 Å². The summed E-state index contributed by atoms with van der Waals surface area (Å²) >= 11 is 0. The van der Waals surface area contributed by atoms with E-state index in [0.717, 1.165) is 5.69 Å². The molecule has 5 nitrogen and oxygen atoms in total. The monoisotopic (exact) mass is 259 g/mol. The first-order valence-electron chi connectivity index (χ1n) is 5.49. The van der Waals surface area contributed by atoms with Crippen molar-refractivity contribution >= 4 is 10.0 Å². The third kappa shape index (κ3) is 3.83. The molecule has 2 N–H and O–H groups in total. The Kier molecular flexibility index (Phi) is 4.01. The van der Waals surface area contributed by atoms with E-state index in [2.05, 4.69) is 10.0 Å². The van der Waals surface area contributed by atoms with Crippen molar-refractivity contribution in [3.8, 4) is 0 Å². The number of sulfonamides is 1. The van der Waals surface area contributed by atoms with E-state index in [9.17, 15) is 8.42 Å². The predicted octanol–water partition coefficient (Wildman–Crippen LogP) is 0.821. The molecule has 0 saturated carbocycles. The van der Waals surface area contributed by atoms with Gasteiger partial charge in [-0.1, -0.05) is 0 Å². The third-order valence-electron chi connectivity index (χ3n) is 2.19. The highest BCUT2D eigenvalue weighted by atomic mass is 32.2. The van der Waals surface area contributed by atoms with Crippen molar-refractivity contribution in [3.63, 3.8) is 0 Å². The van der Waals surface area contributed by atoms with Crippen molar-refractivity contribution in [1.82, 2.24) is 14.6 Å². The molecule has 0 aromatic carbocycles. The van der Waals surface area contributed by atoms with E-state index in [0.29, 0.717) is 11.4 Å². The zero-order valence-corrected chi connectivity index (χ0v) is 11.9. The van der Waals surface area contributed by atoms with Crippen LogP contribution < -0.4 is 10.0 Å². The fourth-order valence-corrected chi connectivity index (χ4v) is 3.06. The van der Waals surface area contributed by atoms with Gasteiger partial charge in [0.2, 0.25) is 10.0 Å². The Morgan fingerprint density at radius 2 is 1.94 bits per heavy atom. The molecule has 0 atom stereocenters. The molecule has 0 saturated heterocycles. The molecule has 0 aliphatic rings. The zero-order chi connectivity index (χ0) is 13.3. The van der Waals surface area contributed by atoms with Crippen molar-refractivity contribution in [2.45, 2.75) is 37.8 Å². The smallest absolute Gasteiger partial charge is 0.242 e. The maximum atomic E-state index is 12.1. The summed E-state index contributed by atoms with van der Waals surface area (Å²) in [5.74, 6) is 0. The second-order valence-electron chi connectivity index (χ2n) is 5.16. The molecule has 1 rings (SSSR count). The van der Waals surface area contributed by atoms with Gasteiger partial charge in [0, 0.05) is 31.0 Å². The molecule has 0 unspecified atom stereocenters. The minimum atomic E-state index is -3.44. The quantitative estimate of drug-likeness (QED) is 0.841. The highest BCUT2D eigenvalue weighted by Crippen LogP contribution is 2.15. The third-order valence-corrected chi connectivity index (χ3v) is 3.92. The summed E-state index contributed by atoms with van der Waals surface area (Å²) in [6.07, 6.45) is 1.63. The van der Waals surface area contributed by atoms with E-state index >= 15 is 0 Å². The molecule has 0 radical (unpaired) electrons. The molecular formula is C11H21N3O2S. The van der Waals surface area contributed by atoms with Crippen LogP contribution in [0.25, 0.3) is 0 Å². The maximum absolute atomic E-state index is 12.1. The van der Waals surface area contributed by atoms with Gasteiger partial charge in [-0.05, 0) is 33.9 Å². The first-order valence-corrected chi connectivity index (χ1v) is 6.98. The molecule has 0 bridgehead atoms. The lowest BCUT2D eigenvalue weighted by atomic mass is 10.1. The Bertz CT molecular complexity index is 483. The van der Waals surface area contributed by atoms with E-state index in [1.807, 2.05) is 39.4 Å². The van der Waals surface area contributed by atoms with Gasteiger partial charge in [0.05, 0.1) is 4.90 Å². The van der Waals surface area contributed by atoms with Crippen LogP contribution in [0.5, 0.6) is 0 Å². The van der Waals surface area contributed by atoms with Gasteiger partial charge in [-0.25, -0.2) is 13.1 Å². The normalized spacial score (nSPS) is 13.0. The lowest BCUT2D eigenvalue weighted by Gasteiger charge is -2.19. The van der Waals surface area contributed by atoms with E-state index in [-0.39, 0.29) is 0 Å². The Hall–Kier alpha value is -0.850. The predicted molar refractivity (Wildman–Crippen MR) is 68.3 cm³/mol. The summed E-state index contributed by atoms with van der Waals surface area (Å²) < 4.78 is 28.6. The number of rotatable bonds is 4. The summed E-state index contributed by atoms with van der Waals surface area (Å²) in [6.45, 7) is 6.10. The summed E-state index contributed by atoms with van der Waals surface area (Å²) in [6, 6.07) is 1.69. The molecule has 1 aromatic heterocycles. The van der Waals surface area contributed by atoms with Crippen LogP contribution in [0.1, 0.15) is 26.5 Å². The highest BCUT2D eigenvalue weighted by Gasteiger charge is 2.23. The Morgan fingerprint density at radius 1 is 1.35 bits per heavy atom. The largest absolute Gasteiger partial charge is 0.352 e. The summed E-state index contributed by atoms with van der Waals surface area (Å²) in [4.78, 5) is 0.306. The average Bonchev–Trinajstić information content (AvgIpc) is 2.45. The Labute approximate surface area is 103 Å². The van der Waals surface area contributed by atoms with Gasteiger partial charge in [0.1, 0.15) is 0 Å². The van der Waals surface area contributed by atoms with Crippen LogP contribution in [0, 0.1) is 0 Å². The lowest BCUT2D eigenvalue weighted by molar-refractivity contribution is 0.491. The van der Waals surface area contributed by atoms with E-state index in [1.165, 1.54) is 0 Å². The molecule has 0 aliphatic carbocycles. The van der Waals surface area contributed by atoms with Gasteiger partial charge in [-0.3, -0.25) is 0 Å². The molecular weight excluding hydrogens is 238 g/mol. The molecule has 0 spiro atoms. The number of aromatic nitrogens is 1. The van der Waals surface area contributed by atoms with Crippen molar-refractivity contribution in [1.29, 1.82) is 0 Å². The fourth-order valence-electron chi connectivity index (χ4n) is 1.54. The Balaban J connectivity index is 3.04. The topological polar surface area (TPSA) is 63.1 Å². The number of hydrogen-bond donors (Lipinski definition) is 2. The first-order chi connectivity index (χ1) is 7.65. The van der Waals surface area contributed by atoms with E-state index < -0.39 is 15.6 Å². The number of nitrogens with zero attached hydrogens (tertiary/aromatic N) is 1. The van der Waals surface area contributed by atoms with Crippen LogP contribution in [0.2, 0.25) is 0 Å². The van der Waals surface area contributed by atoms with Crippen molar-refractivity contribution in [3.05, 3.63) is 18.0 Å². The van der Waals surface area contributed by atoms with Crippen LogP contribution >= 0.6 is 0 Å². The van der Waals surface area contributed by atoms with Crippen molar-refractivity contribution < 1.29 is 8.42 Å². The number of hydrogen-bond acceptors (Lipinski definition) is 3. The maximum Gasteiger partial charge on any atom is 0.242 e. The zero-order valence-electron chi connectivity index (χ0n) is 11.0. The van der Waals surface area contributed by atoms with Crippen molar-refractivity contribution in [2.75, 3.05) is 7.05 Å². The van der Waals surface area contributed by atoms with E-state index in [1.54, 1.807) is 12.3 Å². The van der Waals surface area contributed by atoms with Gasteiger partial charge in [-0.2, -0.15) is 0 Å². The molecule has 17 heavy (non-hydrogen) atoms. The van der Waals surface area contributed by atoms with Crippen LogP contribution in [0.15, 0.2) is 17.2 Å². The molecule has 6 heteroatoms. The molecule has 98 valence electrons. The average molecular weight is 259 g/mol. The standard InChI is InChI=1S/C11H21N3O2S/c1-11(2,3)13-17(15,16)10-6-9(7-12-4)14(5)8-10/h6,8,12-13H,7H2,1-5H3. The second-order valence-corrected chi connectivity index (χ2v) is 6.85. The van der Waals surface area contributed by atoms with Crippen LogP contribution in [0.3, 0.4) is 0 Å². The molecule has 1 heterocycles. The fraction of sp³-hybridized carbons (Fsp3) is 0.636. The minimum absolute atomic E-state index is 0.306. The molecule has 0 fully saturated rings. The first kappa shape index (κ1) is 14.2. The van der Waals surface area contributed by atoms with Gasteiger partial charge in [0.25, 0.3) is 0 Å². The summed E-state index contributed by atoms with van der Waals surface area (Å²) in [5, 5.41) is 3.00. The molecule has 1 aromatic rings. The summed E-state index contributed by atoms with van der Waals surface area (Å²) in [7, 11) is 0.227. The van der Waals surface area contributed by atoms with Gasteiger partial charge >= 0.3 is 0 Å². The molecule has 0 aliphatic heterocycles. The summed E-state index contributed by atoms with van der Waals surface area (Å²) in [5.41, 5.74) is 0.458. The SMILES string of the molecule is CNCc1cc(S(=O)(=O)NC(C)(C)C)cn1C.